The first kappa shape index (κ1) is 43.3. The number of Topliss-reactive ketones (excluding diaryl/α,β-unsaturated/α-hetero) is 1. The molecule has 0 bridgehead atoms. The van der Waals surface area contributed by atoms with Crippen LogP contribution in [-0.4, -0.2) is 133 Å². The number of hydrogen-bond acceptors (Lipinski definition) is 12. The zero-order chi connectivity index (χ0) is 39.3. The van der Waals surface area contributed by atoms with Gasteiger partial charge < -0.3 is 39.2 Å². The summed E-state index contributed by atoms with van der Waals surface area (Å²) in [6, 6.07) is 7.78. The number of aliphatic hydroxyl groups excluding tert-OH is 2. The van der Waals surface area contributed by atoms with Crippen LogP contribution in [0.5, 0.6) is 0 Å². The predicted octanol–water partition coefficient (Wildman–Crippen LogP) is 3.48. The second kappa shape index (κ2) is 17.8. The van der Waals surface area contributed by atoms with Crippen LogP contribution in [0.1, 0.15) is 80.2 Å². The van der Waals surface area contributed by atoms with Gasteiger partial charge in [-0.1, -0.05) is 39.8 Å². The average molecular weight is 732 g/mol. The van der Waals surface area contributed by atoms with Gasteiger partial charge in [-0.3, -0.25) is 9.59 Å². The molecule has 2 saturated heterocycles. The molecule has 2 fully saturated rings. The van der Waals surface area contributed by atoms with Gasteiger partial charge >= 0.3 is 5.97 Å². The van der Waals surface area contributed by atoms with Gasteiger partial charge in [-0.05, 0) is 64.2 Å². The van der Waals surface area contributed by atoms with Crippen molar-refractivity contribution in [2.24, 2.45) is 33.9 Å². The monoisotopic (exact) mass is 731 g/mol. The lowest BCUT2D eigenvalue weighted by atomic mass is 9.74. The molecule has 0 radical (unpaired) electrons. The second-order valence-electron chi connectivity index (χ2n) is 15.5. The van der Waals surface area contributed by atoms with Gasteiger partial charge in [0.1, 0.15) is 31.7 Å². The van der Waals surface area contributed by atoms with Crippen molar-refractivity contribution in [2.45, 2.75) is 123 Å². The number of rotatable bonds is 7. The minimum atomic E-state index is -1.91. The molecule has 0 amide bonds. The summed E-state index contributed by atoms with van der Waals surface area (Å²) in [5, 5.41) is 44.0. The van der Waals surface area contributed by atoms with Gasteiger partial charge in [0, 0.05) is 44.4 Å². The topological polar surface area (TPSA) is 163 Å². The fraction of sp³-hybridized carbons (Fsp3) is 0.718. The molecule has 3 rings (SSSR count). The Hall–Kier alpha value is -3.07. The van der Waals surface area contributed by atoms with E-state index in [4.69, 9.17) is 18.9 Å². The molecule has 0 aliphatic carbocycles. The number of ketones is 1. The second-order valence-corrected chi connectivity index (χ2v) is 15.5. The summed E-state index contributed by atoms with van der Waals surface area (Å²) in [6.45, 7) is 13.6. The smallest absolute Gasteiger partial charge is 0.316 e. The molecule has 12 atom stereocenters. The lowest BCUT2D eigenvalue weighted by Crippen LogP contribution is -2.58. The van der Waals surface area contributed by atoms with E-state index in [1.807, 2.05) is 75.8 Å². The third-order valence-corrected chi connectivity index (χ3v) is 10.9. The fourth-order valence-corrected chi connectivity index (χ4v) is 7.48. The van der Waals surface area contributed by atoms with E-state index in [0.717, 1.165) is 17.0 Å². The molecule has 2 heterocycles. The van der Waals surface area contributed by atoms with Crippen LogP contribution in [0.2, 0.25) is 0 Å². The van der Waals surface area contributed by atoms with Crippen molar-refractivity contribution in [2.75, 3.05) is 40.2 Å². The molecular formula is C39H63N4O9+. The SMILES string of the molecule is CCC1OC(=O)C(C)C(=O)C(C)C(OC2OC(C)CC(=[N+](C)C)C2O)C(C)(OC)CC(C)C(=NN=Cc2ccc(N(C)C)cc2)C(C)C(O)C1(C)O. The van der Waals surface area contributed by atoms with Gasteiger partial charge in [0.15, 0.2) is 23.9 Å². The predicted molar refractivity (Wildman–Crippen MR) is 201 cm³/mol. The van der Waals surface area contributed by atoms with Crippen LogP contribution >= 0.6 is 0 Å². The van der Waals surface area contributed by atoms with Crippen LogP contribution in [0.25, 0.3) is 0 Å². The average Bonchev–Trinajstić information content (AvgIpc) is 3.10. The van der Waals surface area contributed by atoms with Gasteiger partial charge in [0.2, 0.25) is 0 Å². The third kappa shape index (κ3) is 9.72. The van der Waals surface area contributed by atoms with Crippen LogP contribution < -0.4 is 4.90 Å². The van der Waals surface area contributed by atoms with E-state index in [9.17, 15) is 24.9 Å². The van der Waals surface area contributed by atoms with E-state index in [0.29, 0.717) is 12.1 Å². The van der Waals surface area contributed by atoms with E-state index >= 15 is 0 Å². The number of nitrogens with zero attached hydrogens (tertiary/aromatic N) is 4. The van der Waals surface area contributed by atoms with Crippen molar-refractivity contribution in [3.8, 4) is 0 Å². The number of ether oxygens (including phenoxy) is 4. The van der Waals surface area contributed by atoms with Crippen LogP contribution in [0.15, 0.2) is 34.5 Å². The van der Waals surface area contributed by atoms with E-state index in [1.165, 1.54) is 21.0 Å². The Kier molecular flexibility index (Phi) is 14.9. The lowest BCUT2D eigenvalue weighted by Gasteiger charge is -2.45. The van der Waals surface area contributed by atoms with Crippen LogP contribution in [0.4, 0.5) is 5.69 Å². The first-order valence-electron chi connectivity index (χ1n) is 18.3. The molecule has 292 valence electrons. The summed E-state index contributed by atoms with van der Waals surface area (Å²) >= 11 is 0. The summed E-state index contributed by atoms with van der Waals surface area (Å²) < 4.78 is 26.6. The molecule has 2 aliphatic heterocycles. The molecule has 0 saturated carbocycles. The Morgan fingerprint density at radius 2 is 1.65 bits per heavy atom. The van der Waals surface area contributed by atoms with Crippen molar-refractivity contribution in [1.29, 1.82) is 0 Å². The molecule has 13 heteroatoms. The quantitative estimate of drug-likeness (QED) is 0.125. The number of hydrogen-bond donors (Lipinski definition) is 3. The number of methoxy groups -OCH3 is 1. The Morgan fingerprint density at radius 3 is 2.19 bits per heavy atom. The normalized spacial score (nSPS) is 37.9. The van der Waals surface area contributed by atoms with E-state index in [1.54, 1.807) is 33.9 Å². The van der Waals surface area contributed by atoms with E-state index in [2.05, 4.69) is 10.2 Å². The van der Waals surface area contributed by atoms with E-state index < -0.39 is 77.3 Å². The number of esters is 1. The zero-order valence-electron chi connectivity index (χ0n) is 33.4. The third-order valence-electron chi connectivity index (χ3n) is 10.9. The maximum atomic E-state index is 14.1. The van der Waals surface area contributed by atoms with Crippen molar-refractivity contribution < 1.29 is 48.4 Å². The number of cyclic esters (lactones) is 1. The summed E-state index contributed by atoms with van der Waals surface area (Å²) in [5.74, 6) is -4.70. The molecule has 13 nitrogen and oxygen atoms in total. The van der Waals surface area contributed by atoms with Crippen molar-refractivity contribution in [3.05, 3.63) is 29.8 Å². The van der Waals surface area contributed by atoms with Crippen LogP contribution in [0, 0.1) is 23.7 Å². The number of aliphatic hydroxyl groups is 3. The Labute approximate surface area is 309 Å². The molecule has 0 aromatic heterocycles. The molecule has 0 spiro atoms. The first-order valence-corrected chi connectivity index (χ1v) is 18.3. The standard InChI is InChI=1S/C39H63N4O9/c1-14-30-39(8,48)34(46)24(4)31(41-40-21-27-15-17-28(18-16-27)42(9)10)22(2)20-38(7,49-13)35(25(5)32(44)26(6)36(47)51-30)52-37-33(45)29(43(11)12)19-23(3)50-37/h15-18,21-26,30,33-35,37,45-46,48H,14,19-20H2,1-13H3/q+1. The van der Waals surface area contributed by atoms with Crippen molar-refractivity contribution in [1.82, 2.24) is 0 Å². The van der Waals surface area contributed by atoms with Crippen molar-refractivity contribution >= 4 is 35.1 Å². The van der Waals surface area contributed by atoms with Gasteiger partial charge in [-0.15, -0.1) is 0 Å². The molecule has 1 aromatic rings. The molecule has 3 N–H and O–H groups in total. The summed E-state index contributed by atoms with van der Waals surface area (Å²) in [6.07, 6.45) is -3.64. The number of carbonyl (C=O) groups is 2. The summed E-state index contributed by atoms with van der Waals surface area (Å²) in [5.41, 5.74) is -0.119. The van der Waals surface area contributed by atoms with Crippen LogP contribution in [-0.2, 0) is 28.5 Å². The molecule has 12 unspecified atom stereocenters. The van der Waals surface area contributed by atoms with E-state index in [-0.39, 0.29) is 18.9 Å². The van der Waals surface area contributed by atoms with Crippen molar-refractivity contribution in [3.63, 3.8) is 0 Å². The maximum Gasteiger partial charge on any atom is 0.316 e. The minimum absolute atomic E-state index is 0.176. The Bertz CT molecular complexity index is 1470. The molecule has 1 aromatic carbocycles. The molecular weight excluding hydrogens is 668 g/mol. The molecule has 52 heavy (non-hydrogen) atoms. The first-order chi connectivity index (χ1) is 24.2. The number of benzene rings is 1. The Balaban J connectivity index is 2.19. The highest BCUT2D eigenvalue weighted by molar-refractivity contribution is 6.00. The fourth-order valence-electron chi connectivity index (χ4n) is 7.48. The highest BCUT2D eigenvalue weighted by atomic mass is 16.7. The number of anilines is 1. The van der Waals surface area contributed by atoms with Gasteiger partial charge in [0.25, 0.3) is 0 Å². The lowest BCUT2D eigenvalue weighted by molar-refractivity contribution is -0.473. The summed E-state index contributed by atoms with van der Waals surface area (Å²) in [7, 11) is 9.11. The van der Waals surface area contributed by atoms with Gasteiger partial charge in [-0.25, -0.2) is 4.58 Å². The maximum absolute atomic E-state index is 14.1. The zero-order valence-corrected chi connectivity index (χ0v) is 33.4. The van der Waals surface area contributed by atoms with Crippen LogP contribution in [0.3, 0.4) is 0 Å². The molecule has 2 aliphatic rings. The largest absolute Gasteiger partial charge is 0.459 e. The highest BCUT2D eigenvalue weighted by Crippen LogP contribution is 2.38. The highest BCUT2D eigenvalue weighted by Gasteiger charge is 2.51. The van der Waals surface area contributed by atoms with Gasteiger partial charge in [-0.2, -0.15) is 10.2 Å². The number of carbonyl (C=O) groups excluding carboxylic acids is 2. The summed E-state index contributed by atoms with van der Waals surface area (Å²) in [4.78, 5) is 29.7. The Morgan fingerprint density at radius 1 is 1.04 bits per heavy atom. The minimum Gasteiger partial charge on any atom is -0.459 e. The van der Waals surface area contributed by atoms with Gasteiger partial charge in [0.05, 0.1) is 36.5 Å².